The highest BCUT2D eigenvalue weighted by molar-refractivity contribution is 6.45. The smallest absolute Gasteiger partial charge is 0.282 e. The summed E-state index contributed by atoms with van der Waals surface area (Å²) in [5.41, 5.74) is 5.14. The molecule has 1 aliphatic heterocycles. The molecule has 34 heavy (non-hydrogen) atoms. The summed E-state index contributed by atoms with van der Waals surface area (Å²) in [6.07, 6.45) is 0. The Morgan fingerprint density at radius 2 is 1.56 bits per heavy atom. The molecule has 0 fully saturated rings. The second-order valence-corrected chi connectivity index (χ2v) is 8.42. The number of amides is 2. The largest absolute Gasteiger partial charge is 0.494 e. The number of nitrogens with zero attached hydrogens (tertiary/aromatic N) is 2. The lowest BCUT2D eigenvalue weighted by Gasteiger charge is -2.25. The Morgan fingerprint density at radius 1 is 0.853 bits per heavy atom. The van der Waals surface area contributed by atoms with Gasteiger partial charge in [-0.05, 0) is 68.1 Å². The quantitative estimate of drug-likeness (QED) is 0.421. The highest BCUT2D eigenvalue weighted by atomic mass is 16.5. The fourth-order valence-electron chi connectivity index (χ4n) is 4.29. The molecule has 0 N–H and O–H groups in total. The first kappa shape index (κ1) is 23.3. The summed E-state index contributed by atoms with van der Waals surface area (Å²) >= 11 is 0. The molecule has 2 amide bonds. The van der Waals surface area contributed by atoms with Crippen LogP contribution in [-0.4, -0.2) is 29.9 Å². The van der Waals surface area contributed by atoms with E-state index in [0.29, 0.717) is 42.2 Å². The topological polar surface area (TPSA) is 49.9 Å². The highest BCUT2D eigenvalue weighted by Crippen LogP contribution is 2.37. The van der Waals surface area contributed by atoms with E-state index >= 15 is 0 Å². The average Bonchev–Trinajstić information content (AvgIpc) is 3.10. The number of carbonyl (C=O) groups excluding carboxylic acids is 2. The first-order valence-corrected chi connectivity index (χ1v) is 11.7. The third-order valence-corrected chi connectivity index (χ3v) is 6.03. The number of likely N-dealkylation sites (N-methyl/N-ethyl adjacent to an activating group) is 1. The SMILES string of the molecule is CCOc1ccc(C2=C(N(CC)Cc3ccccc3)C(=O)N(c3cc(C)ccc3C)C2=O)cc1. The van der Waals surface area contributed by atoms with E-state index in [-0.39, 0.29) is 11.8 Å². The Bertz CT molecular complexity index is 1230. The molecule has 0 bridgehead atoms. The highest BCUT2D eigenvalue weighted by Gasteiger charge is 2.42. The molecular formula is C29H30N2O3. The van der Waals surface area contributed by atoms with Crippen LogP contribution in [0.25, 0.3) is 5.57 Å². The molecular weight excluding hydrogens is 424 g/mol. The van der Waals surface area contributed by atoms with Gasteiger partial charge in [0.1, 0.15) is 11.4 Å². The first-order valence-electron chi connectivity index (χ1n) is 11.7. The molecule has 1 heterocycles. The van der Waals surface area contributed by atoms with Crippen molar-refractivity contribution in [3.8, 4) is 5.75 Å². The van der Waals surface area contributed by atoms with E-state index in [0.717, 1.165) is 22.4 Å². The number of carbonyl (C=O) groups is 2. The van der Waals surface area contributed by atoms with Crippen LogP contribution in [0.5, 0.6) is 5.75 Å². The number of benzene rings is 3. The van der Waals surface area contributed by atoms with Crippen molar-refractivity contribution in [3.05, 3.63) is 101 Å². The standard InChI is InChI=1S/C29H30N2O3/c1-5-30(19-22-10-8-7-9-11-22)27-26(23-14-16-24(17-15-23)34-6-2)28(32)31(29(27)33)25-18-20(3)12-13-21(25)4/h7-18H,5-6,19H2,1-4H3. The average molecular weight is 455 g/mol. The van der Waals surface area contributed by atoms with Gasteiger partial charge in [0, 0.05) is 13.1 Å². The molecule has 174 valence electrons. The third-order valence-electron chi connectivity index (χ3n) is 6.03. The normalized spacial score (nSPS) is 13.6. The maximum atomic E-state index is 13.9. The minimum absolute atomic E-state index is 0.291. The van der Waals surface area contributed by atoms with Gasteiger partial charge in [-0.2, -0.15) is 0 Å². The summed E-state index contributed by atoms with van der Waals surface area (Å²) in [7, 11) is 0. The van der Waals surface area contributed by atoms with Crippen molar-refractivity contribution in [1.29, 1.82) is 0 Å². The molecule has 0 radical (unpaired) electrons. The Balaban J connectivity index is 1.84. The number of rotatable bonds is 8. The Kier molecular flexibility index (Phi) is 6.82. The van der Waals surface area contributed by atoms with Gasteiger partial charge in [0.25, 0.3) is 11.8 Å². The van der Waals surface area contributed by atoms with Crippen LogP contribution >= 0.6 is 0 Å². The van der Waals surface area contributed by atoms with Crippen molar-refractivity contribution in [2.45, 2.75) is 34.2 Å². The Hall–Kier alpha value is -3.86. The molecule has 0 saturated carbocycles. The molecule has 3 aromatic rings. The Morgan fingerprint density at radius 3 is 2.21 bits per heavy atom. The van der Waals surface area contributed by atoms with Gasteiger partial charge in [0.2, 0.25) is 0 Å². The lowest BCUT2D eigenvalue weighted by molar-refractivity contribution is -0.120. The minimum Gasteiger partial charge on any atom is -0.494 e. The molecule has 0 saturated heterocycles. The van der Waals surface area contributed by atoms with Crippen LogP contribution < -0.4 is 9.64 Å². The molecule has 0 aromatic heterocycles. The zero-order valence-electron chi connectivity index (χ0n) is 20.2. The van der Waals surface area contributed by atoms with Gasteiger partial charge in [-0.3, -0.25) is 9.59 Å². The van der Waals surface area contributed by atoms with Crippen molar-refractivity contribution >= 4 is 23.1 Å². The maximum Gasteiger partial charge on any atom is 0.282 e. The van der Waals surface area contributed by atoms with Crippen molar-refractivity contribution in [2.24, 2.45) is 0 Å². The fourth-order valence-corrected chi connectivity index (χ4v) is 4.29. The lowest BCUT2D eigenvalue weighted by atomic mass is 10.0. The monoisotopic (exact) mass is 454 g/mol. The molecule has 4 rings (SSSR count). The number of hydrogen-bond acceptors (Lipinski definition) is 4. The van der Waals surface area contributed by atoms with Crippen LogP contribution in [0.1, 0.15) is 36.1 Å². The van der Waals surface area contributed by atoms with Crippen LogP contribution in [0.2, 0.25) is 0 Å². The van der Waals surface area contributed by atoms with Gasteiger partial charge >= 0.3 is 0 Å². The predicted octanol–water partition coefficient (Wildman–Crippen LogP) is 5.51. The van der Waals surface area contributed by atoms with E-state index in [1.54, 1.807) is 0 Å². The zero-order chi connectivity index (χ0) is 24.2. The summed E-state index contributed by atoms with van der Waals surface area (Å²) in [6.45, 7) is 9.50. The van der Waals surface area contributed by atoms with Crippen molar-refractivity contribution in [1.82, 2.24) is 4.90 Å². The number of aryl methyl sites for hydroxylation is 2. The van der Waals surface area contributed by atoms with Gasteiger partial charge in [-0.15, -0.1) is 0 Å². The van der Waals surface area contributed by atoms with E-state index in [2.05, 4.69) is 0 Å². The second kappa shape index (κ2) is 9.96. The minimum atomic E-state index is -0.302. The van der Waals surface area contributed by atoms with Crippen LogP contribution in [0.15, 0.2) is 78.5 Å². The van der Waals surface area contributed by atoms with Crippen LogP contribution in [0.4, 0.5) is 5.69 Å². The van der Waals surface area contributed by atoms with E-state index in [9.17, 15) is 9.59 Å². The summed E-state index contributed by atoms with van der Waals surface area (Å²) in [6, 6.07) is 23.2. The summed E-state index contributed by atoms with van der Waals surface area (Å²) in [5, 5.41) is 0. The molecule has 1 aliphatic rings. The summed E-state index contributed by atoms with van der Waals surface area (Å²) < 4.78 is 5.58. The van der Waals surface area contributed by atoms with Gasteiger partial charge in [0.15, 0.2) is 0 Å². The summed E-state index contributed by atoms with van der Waals surface area (Å²) in [5.74, 6) is 0.137. The van der Waals surface area contributed by atoms with Crippen molar-refractivity contribution in [3.63, 3.8) is 0 Å². The molecule has 5 nitrogen and oxygen atoms in total. The van der Waals surface area contributed by atoms with E-state index in [1.165, 1.54) is 4.90 Å². The number of ether oxygens (including phenoxy) is 1. The molecule has 3 aromatic carbocycles. The fraction of sp³-hybridized carbons (Fsp3) is 0.241. The zero-order valence-corrected chi connectivity index (χ0v) is 20.2. The Labute approximate surface area is 201 Å². The number of hydrogen-bond donors (Lipinski definition) is 0. The van der Waals surface area contributed by atoms with Crippen molar-refractivity contribution < 1.29 is 14.3 Å². The van der Waals surface area contributed by atoms with Gasteiger partial charge in [0.05, 0.1) is 17.9 Å². The van der Waals surface area contributed by atoms with E-state index in [1.807, 2.05) is 105 Å². The first-order chi connectivity index (χ1) is 16.4. The maximum absolute atomic E-state index is 13.9. The van der Waals surface area contributed by atoms with E-state index < -0.39 is 0 Å². The molecule has 0 atom stereocenters. The molecule has 0 unspecified atom stereocenters. The van der Waals surface area contributed by atoms with Crippen LogP contribution in [0.3, 0.4) is 0 Å². The predicted molar refractivity (Wildman–Crippen MR) is 135 cm³/mol. The van der Waals surface area contributed by atoms with Crippen LogP contribution in [0, 0.1) is 13.8 Å². The second-order valence-electron chi connectivity index (χ2n) is 8.42. The van der Waals surface area contributed by atoms with Gasteiger partial charge in [-0.25, -0.2) is 4.90 Å². The van der Waals surface area contributed by atoms with Crippen LogP contribution in [-0.2, 0) is 16.1 Å². The number of imide groups is 1. The van der Waals surface area contributed by atoms with Crippen molar-refractivity contribution in [2.75, 3.05) is 18.1 Å². The van der Waals surface area contributed by atoms with Gasteiger partial charge in [-0.1, -0.05) is 54.6 Å². The summed E-state index contributed by atoms with van der Waals surface area (Å²) in [4.78, 5) is 31.1. The molecule has 0 spiro atoms. The van der Waals surface area contributed by atoms with E-state index in [4.69, 9.17) is 4.74 Å². The molecule has 5 heteroatoms. The third kappa shape index (κ3) is 4.46. The number of anilines is 1. The molecule has 0 aliphatic carbocycles. The lowest BCUT2D eigenvalue weighted by Crippen LogP contribution is -2.35. The van der Waals surface area contributed by atoms with Gasteiger partial charge < -0.3 is 9.64 Å².